The first kappa shape index (κ1) is 21.5. The predicted octanol–water partition coefficient (Wildman–Crippen LogP) is 3.44. The van der Waals surface area contributed by atoms with Gasteiger partial charge in [-0.05, 0) is 44.7 Å². The van der Waals surface area contributed by atoms with Gasteiger partial charge in [0.2, 0.25) is 0 Å². The molecule has 3 rings (SSSR count). The van der Waals surface area contributed by atoms with Crippen molar-refractivity contribution in [1.29, 1.82) is 0 Å². The van der Waals surface area contributed by atoms with E-state index in [0.717, 1.165) is 38.9 Å². The van der Waals surface area contributed by atoms with Gasteiger partial charge in [-0.1, -0.05) is 44.9 Å². The van der Waals surface area contributed by atoms with E-state index in [-0.39, 0.29) is 17.5 Å². The Hall–Kier alpha value is -2.21. The Morgan fingerprint density at radius 2 is 2.03 bits per heavy atom. The summed E-state index contributed by atoms with van der Waals surface area (Å²) in [7, 11) is 0. The number of amides is 1. The summed E-state index contributed by atoms with van der Waals surface area (Å²) in [6.07, 6.45) is 5.49. The van der Waals surface area contributed by atoms with Crippen LogP contribution in [0.4, 0.5) is 0 Å². The van der Waals surface area contributed by atoms with Gasteiger partial charge in [0.1, 0.15) is 0 Å². The highest BCUT2D eigenvalue weighted by Gasteiger charge is 2.21. The first-order valence-electron chi connectivity index (χ1n) is 11.0. The topological polar surface area (TPSA) is 67.2 Å². The van der Waals surface area contributed by atoms with Crippen LogP contribution < -0.4 is 10.9 Å². The van der Waals surface area contributed by atoms with E-state index in [9.17, 15) is 9.59 Å². The Bertz CT molecular complexity index is 892. The molecule has 158 valence electrons. The fourth-order valence-electron chi connectivity index (χ4n) is 4.24. The minimum Gasteiger partial charge on any atom is -0.347 e. The molecule has 0 saturated carbocycles. The third-order valence-corrected chi connectivity index (χ3v) is 5.71. The Balaban J connectivity index is 1.78. The molecule has 2 atom stereocenters. The van der Waals surface area contributed by atoms with E-state index >= 15 is 0 Å². The molecule has 2 heterocycles. The lowest BCUT2D eigenvalue weighted by Crippen LogP contribution is -2.45. The highest BCUT2D eigenvalue weighted by molar-refractivity contribution is 6.04. The predicted molar refractivity (Wildman–Crippen MR) is 117 cm³/mol. The maximum atomic E-state index is 13.1. The van der Waals surface area contributed by atoms with Crippen LogP contribution >= 0.6 is 0 Å². The number of fused-ring (bicyclic) bond motifs is 1. The van der Waals surface area contributed by atoms with E-state index in [1.807, 2.05) is 25.1 Å². The Morgan fingerprint density at radius 3 is 2.76 bits per heavy atom. The fourth-order valence-corrected chi connectivity index (χ4v) is 4.24. The molecule has 1 aliphatic heterocycles. The van der Waals surface area contributed by atoms with Crippen LogP contribution in [0.1, 0.15) is 63.4 Å². The number of benzene rings is 1. The summed E-state index contributed by atoms with van der Waals surface area (Å²) in [6.45, 7) is 10.0. The number of aromatic nitrogens is 2. The zero-order valence-electron chi connectivity index (χ0n) is 18.0. The second kappa shape index (κ2) is 10.0. The maximum Gasteiger partial charge on any atom is 0.274 e. The SMILES string of the molecule is CCCCCn1nc(C(=O)N[C@H](C)CN2CCC[C@H](C)C2)c2ccccc2c1=O. The molecule has 1 saturated heterocycles. The molecule has 0 spiro atoms. The van der Waals surface area contributed by atoms with Crippen LogP contribution in [0.3, 0.4) is 0 Å². The van der Waals surface area contributed by atoms with Crippen molar-refractivity contribution in [2.24, 2.45) is 5.92 Å². The van der Waals surface area contributed by atoms with Crippen molar-refractivity contribution in [3.63, 3.8) is 0 Å². The molecule has 6 heteroatoms. The molecule has 1 aromatic carbocycles. The first-order valence-corrected chi connectivity index (χ1v) is 11.0. The van der Waals surface area contributed by atoms with Gasteiger partial charge in [-0.2, -0.15) is 5.10 Å². The summed E-state index contributed by atoms with van der Waals surface area (Å²) < 4.78 is 1.46. The number of piperidine rings is 1. The third-order valence-electron chi connectivity index (χ3n) is 5.71. The molecule has 1 amide bonds. The minimum atomic E-state index is -0.206. The number of carbonyl (C=O) groups excluding carboxylic acids is 1. The summed E-state index contributed by atoms with van der Waals surface area (Å²) in [6, 6.07) is 7.30. The summed E-state index contributed by atoms with van der Waals surface area (Å²) in [4.78, 5) is 28.3. The molecular formula is C23H34N4O2. The Morgan fingerprint density at radius 1 is 1.28 bits per heavy atom. The van der Waals surface area contributed by atoms with Crippen LogP contribution in [0.2, 0.25) is 0 Å². The quantitative estimate of drug-likeness (QED) is 0.692. The lowest BCUT2D eigenvalue weighted by molar-refractivity contribution is 0.0914. The van der Waals surface area contributed by atoms with Gasteiger partial charge in [0.25, 0.3) is 11.5 Å². The maximum absolute atomic E-state index is 13.1. The van der Waals surface area contributed by atoms with Gasteiger partial charge in [-0.3, -0.25) is 9.59 Å². The number of rotatable bonds is 8. The Labute approximate surface area is 173 Å². The van der Waals surface area contributed by atoms with E-state index in [1.165, 1.54) is 17.5 Å². The van der Waals surface area contributed by atoms with Crippen molar-refractivity contribution in [2.75, 3.05) is 19.6 Å². The molecule has 0 unspecified atom stereocenters. The number of nitrogens with zero attached hydrogens (tertiary/aromatic N) is 3. The van der Waals surface area contributed by atoms with Crippen LogP contribution in [-0.4, -0.2) is 46.3 Å². The molecule has 1 aliphatic rings. The molecule has 1 N–H and O–H groups in total. The average molecular weight is 399 g/mol. The van der Waals surface area contributed by atoms with Gasteiger partial charge in [-0.25, -0.2) is 4.68 Å². The van der Waals surface area contributed by atoms with Crippen molar-refractivity contribution < 1.29 is 4.79 Å². The van der Waals surface area contributed by atoms with Gasteiger partial charge in [-0.15, -0.1) is 0 Å². The highest BCUT2D eigenvalue weighted by Crippen LogP contribution is 2.16. The number of hydrogen-bond acceptors (Lipinski definition) is 4. The van der Waals surface area contributed by atoms with E-state index in [2.05, 4.69) is 29.2 Å². The second-order valence-electron chi connectivity index (χ2n) is 8.51. The van der Waals surface area contributed by atoms with Crippen molar-refractivity contribution in [2.45, 2.75) is 65.5 Å². The Kier molecular flexibility index (Phi) is 7.42. The standard InChI is InChI=1S/C23H34N4O2/c1-4-5-8-14-27-23(29)20-12-7-6-11-19(20)21(25-27)22(28)24-18(3)16-26-13-9-10-17(2)15-26/h6-7,11-12,17-18H,4-5,8-10,13-16H2,1-3H3,(H,24,28)/t17-,18+/m0/s1. The van der Waals surface area contributed by atoms with E-state index in [4.69, 9.17) is 0 Å². The molecule has 29 heavy (non-hydrogen) atoms. The van der Waals surface area contributed by atoms with Crippen LogP contribution in [-0.2, 0) is 6.54 Å². The highest BCUT2D eigenvalue weighted by atomic mass is 16.2. The van der Waals surface area contributed by atoms with Crippen LogP contribution in [0.5, 0.6) is 0 Å². The molecule has 0 bridgehead atoms. The van der Waals surface area contributed by atoms with E-state index < -0.39 is 0 Å². The minimum absolute atomic E-state index is 0.0221. The fraction of sp³-hybridized carbons (Fsp3) is 0.609. The summed E-state index contributed by atoms with van der Waals surface area (Å²) in [5, 5.41) is 8.75. The molecule has 2 aromatic rings. The lowest BCUT2D eigenvalue weighted by Gasteiger charge is -2.32. The number of aryl methyl sites for hydroxylation is 1. The van der Waals surface area contributed by atoms with Crippen molar-refractivity contribution >= 4 is 16.7 Å². The molecule has 1 fully saturated rings. The summed E-state index contributed by atoms with van der Waals surface area (Å²) in [5.41, 5.74) is 0.221. The second-order valence-corrected chi connectivity index (χ2v) is 8.51. The van der Waals surface area contributed by atoms with Gasteiger partial charge in [0.15, 0.2) is 5.69 Å². The van der Waals surface area contributed by atoms with Crippen molar-refractivity contribution in [1.82, 2.24) is 20.0 Å². The lowest BCUT2D eigenvalue weighted by atomic mass is 10.00. The smallest absolute Gasteiger partial charge is 0.274 e. The third kappa shape index (κ3) is 5.44. The molecular weight excluding hydrogens is 364 g/mol. The molecule has 6 nitrogen and oxygen atoms in total. The molecule has 1 aromatic heterocycles. The normalized spacial score (nSPS) is 18.7. The van der Waals surface area contributed by atoms with Crippen molar-refractivity contribution in [3.8, 4) is 0 Å². The summed E-state index contributed by atoms with van der Waals surface area (Å²) in [5.74, 6) is 0.506. The van der Waals surface area contributed by atoms with Crippen LogP contribution in [0, 0.1) is 5.92 Å². The molecule has 0 radical (unpaired) electrons. The molecule has 0 aliphatic carbocycles. The van der Waals surface area contributed by atoms with Crippen LogP contribution in [0.25, 0.3) is 10.8 Å². The van der Waals surface area contributed by atoms with Gasteiger partial charge >= 0.3 is 0 Å². The van der Waals surface area contributed by atoms with Gasteiger partial charge < -0.3 is 10.2 Å². The van der Waals surface area contributed by atoms with Gasteiger partial charge in [0, 0.05) is 31.1 Å². The average Bonchev–Trinajstić information content (AvgIpc) is 2.69. The first-order chi connectivity index (χ1) is 14.0. The van der Waals surface area contributed by atoms with E-state index in [0.29, 0.717) is 28.9 Å². The van der Waals surface area contributed by atoms with Gasteiger partial charge in [0.05, 0.1) is 5.39 Å². The number of likely N-dealkylation sites (tertiary alicyclic amines) is 1. The number of nitrogens with one attached hydrogen (secondary N) is 1. The van der Waals surface area contributed by atoms with Crippen molar-refractivity contribution in [3.05, 3.63) is 40.3 Å². The number of carbonyl (C=O) groups is 1. The summed E-state index contributed by atoms with van der Waals surface area (Å²) >= 11 is 0. The van der Waals surface area contributed by atoms with E-state index in [1.54, 1.807) is 6.07 Å². The zero-order valence-corrected chi connectivity index (χ0v) is 18.0. The number of hydrogen-bond donors (Lipinski definition) is 1. The largest absolute Gasteiger partial charge is 0.347 e. The number of unbranched alkanes of at least 4 members (excludes halogenated alkanes) is 2. The zero-order chi connectivity index (χ0) is 20.8. The van der Waals surface area contributed by atoms with Crippen LogP contribution in [0.15, 0.2) is 29.1 Å². The monoisotopic (exact) mass is 398 g/mol.